The summed E-state index contributed by atoms with van der Waals surface area (Å²) in [4.78, 5) is 3.98. The molecule has 1 heterocycles. The molecule has 1 N–H and O–H groups in total. The van der Waals surface area contributed by atoms with E-state index >= 15 is 0 Å². The van der Waals surface area contributed by atoms with E-state index in [1.807, 2.05) is 42.5 Å². The van der Waals surface area contributed by atoms with Crippen molar-refractivity contribution in [3.05, 3.63) is 48.5 Å². The van der Waals surface area contributed by atoms with Gasteiger partial charge in [-0.15, -0.1) is 0 Å². The van der Waals surface area contributed by atoms with Gasteiger partial charge in [-0.2, -0.15) is 4.98 Å². The molecule has 3 rings (SSSR count). The number of para-hydroxylation sites is 1. The van der Waals surface area contributed by atoms with Crippen molar-refractivity contribution in [2.45, 2.75) is 0 Å². The van der Waals surface area contributed by atoms with Crippen LogP contribution in [0.2, 0.25) is 0 Å². The smallest absolute Gasteiger partial charge is 0.392 e. The molecule has 0 aliphatic heterocycles. The van der Waals surface area contributed by atoms with Crippen molar-refractivity contribution in [3.63, 3.8) is 0 Å². The van der Waals surface area contributed by atoms with E-state index in [0.717, 1.165) is 11.1 Å². The van der Waals surface area contributed by atoms with Gasteiger partial charge in [0.05, 0.1) is 0 Å². The first-order valence-corrected chi connectivity index (χ1v) is 4.98. The van der Waals surface area contributed by atoms with Gasteiger partial charge in [-0.3, -0.25) is 0 Å². The molecule has 0 fully saturated rings. The summed E-state index contributed by atoms with van der Waals surface area (Å²) < 4.78 is 5.07. The topological polar surface area (TPSA) is 46.3 Å². The van der Waals surface area contributed by atoms with Gasteiger partial charge in [0, 0.05) is 5.56 Å². The average Bonchev–Trinajstić information content (AvgIpc) is 2.70. The van der Waals surface area contributed by atoms with E-state index in [0.29, 0.717) is 11.1 Å². The Bertz CT molecular complexity index is 629. The SMILES string of the molecule is Oc1nc2c(-c3ccccc3)cccc2o1. The number of aromatic hydroxyl groups is 1. The average molecular weight is 211 g/mol. The molecule has 0 aliphatic rings. The third kappa shape index (κ3) is 1.34. The van der Waals surface area contributed by atoms with Crippen molar-refractivity contribution >= 4 is 11.1 Å². The van der Waals surface area contributed by atoms with E-state index < -0.39 is 0 Å². The summed E-state index contributed by atoms with van der Waals surface area (Å²) in [5.41, 5.74) is 3.30. The van der Waals surface area contributed by atoms with Crippen LogP contribution < -0.4 is 0 Å². The monoisotopic (exact) mass is 211 g/mol. The Hall–Kier alpha value is -2.29. The van der Waals surface area contributed by atoms with Gasteiger partial charge in [0.25, 0.3) is 0 Å². The zero-order valence-electron chi connectivity index (χ0n) is 8.42. The molecule has 0 spiro atoms. The lowest BCUT2D eigenvalue weighted by molar-refractivity contribution is 0.328. The van der Waals surface area contributed by atoms with Gasteiger partial charge < -0.3 is 9.52 Å². The maximum Gasteiger partial charge on any atom is 0.392 e. The summed E-state index contributed by atoms with van der Waals surface area (Å²) in [6.07, 6.45) is -0.293. The highest BCUT2D eigenvalue weighted by molar-refractivity contribution is 5.90. The fourth-order valence-corrected chi connectivity index (χ4v) is 1.79. The normalized spacial score (nSPS) is 10.8. The van der Waals surface area contributed by atoms with Gasteiger partial charge in [-0.25, -0.2) is 0 Å². The van der Waals surface area contributed by atoms with Crippen LogP contribution in [0, 0.1) is 0 Å². The fourth-order valence-electron chi connectivity index (χ4n) is 1.79. The highest BCUT2D eigenvalue weighted by atomic mass is 16.5. The van der Waals surface area contributed by atoms with Crippen molar-refractivity contribution in [2.24, 2.45) is 0 Å². The van der Waals surface area contributed by atoms with Crippen molar-refractivity contribution in [1.82, 2.24) is 4.98 Å². The molecular formula is C13H9NO2. The Kier molecular flexibility index (Phi) is 1.90. The van der Waals surface area contributed by atoms with Crippen LogP contribution in [0.25, 0.3) is 22.2 Å². The largest absolute Gasteiger partial charge is 0.466 e. The predicted octanol–water partition coefficient (Wildman–Crippen LogP) is 3.20. The number of hydrogen-bond acceptors (Lipinski definition) is 3. The molecular weight excluding hydrogens is 202 g/mol. The van der Waals surface area contributed by atoms with Gasteiger partial charge in [0.15, 0.2) is 5.58 Å². The third-order valence-corrected chi connectivity index (χ3v) is 2.49. The van der Waals surface area contributed by atoms with Gasteiger partial charge in [0.2, 0.25) is 0 Å². The molecule has 0 aliphatic carbocycles. The second-order valence-corrected chi connectivity index (χ2v) is 3.51. The van der Waals surface area contributed by atoms with Gasteiger partial charge in [-0.1, -0.05) is 42.5 Å². The summed E-state index contributed by atoms with van der Waals surface area (Å²) in [6.45, 7) is 0. The Morgan fingerprint density at radius 3 is 2.56 bits per heavy atom. The van der Waals surface area contributed by atoms with Crippen molar-refractivity contribution in [1.29, 1.82) is 0 Å². The minimum Gasteiger partial charge on any atom is -0.466 e. The maximum atomic E-state index is 9.25. The van der Waals surface area contributed by atoms with Gasteiger partial charge in [-0.05, 0) is 11.6 Å². The lowest BCUT2D eigenvalue weighted by Gasteiger charge is -2.00. The Morgan fingerprint density at radius 1 is 0.938 bits per heavy atom. The van der Waals surface area contributed by atoms with Crippen LogP contribution in [0.3, 0.4) is 0 Å². The first kappa shape index (κ1) is 8.97. The summed E-state index contributed by atoms with van der Waals surface area (Å²) in [5.74, 6) is 0. The minimum absolute atomic E-state index is 0.293. The van der Waals surface area contributed by atoms with Crippen molar-refractivity contribution in [3.8, 4) is 17.2 Å². The zero-order valence-corrected chi connectivity index (χ0v) is 8.42. The number of fused-ring (bicyclic) bond motifs is 1. The molecule has 2 aromatic carbocycles. The van der Waals surface area contributed by atoms with Crippen LogP contribution >= 0.6 is 0 Å². The minimum atomic E-state index is -0.293. The van der Waals surface area contributed by atoms with E-state index in [4.69, 9.17) is 4.42 Å². The van der Waals surface area contributed by atoms with Crippen LogP contribution in [0.15, 0.2) is 52.9 Å². The van der Waals surface area contributed by atoms with Crippen molar-refractivity contribution < 1.29 is 9.52 Å². The van der Waals surface area contributed by atoms with Crippen LogP contribution in [0.1, 0.15) is 0 Å². The van der Waals surface area contributed by atoms with Crippen LogP contribution in [0.5, 0.6) is 6.08 Å². The third-order valence-electron chi connectivity index (χ3n) is 2.49. The molecule has 0 amide bonds. The number of aromatic nitrogens is 1. The number of hydrogen-bond donors (Lipinski definition) is 1. The predicted molar refractivity (Wildman–Crippen MR) is 61.1 cm³/mol. The van der Waals surface area contributed by atoms with Crippen LogP contribution in [-0.2, 0) is 0 Å². The highest BCUT2D eigenvalue weighted by Gasteiger charge is 2.09. The van der Waals surface area contributed by atoms with Crippen LogP contribution in [0.4, 0.5) is 0 Å². The molecule has 0 atom stereocenters. The maximum absolute atomic E-state index is 9.25. The Labute approximate surface area is 92.0 Å². The summed E-state index contributed by atoms with van der Waals surface area (Å²) >= 11 is 0. The Balaban J connectivity index is 2.31. The highest BCUT2D eigenvalue weighted by Crippen LogP contribution is 2.29. The van der Waals surface area contributed by atoms with E-state index in [-0.39, 0.29) is 6.08 Å². The molecule has 3 nitrogen and oxygen atoms in total. The first-order chi connectivity index (χ1) is 7.84. The van der Waals surface area contributed by atoms with Crippen molar-refractivity contribution in [2.75, 3.05) is 0 Å². The molecule has 16 heavy (non-hydrogen) atoms. The number of rotatable bonds is 1. The fraction of sp³-hybridized carbons (Fsp3) is 0. The lowest BCUT2D eigenvalue weighted by atomic mass is 10.0. The van der Waals surface area contributed by atoms with E-state index in [1.165, 1.54) is 0 Å². The second-order valence-electron chi connectivity index (χ2n) is 3.51. The molecule has 0 radical (unpaired) electrons. The summed E-state index contributed by atoms with van der Waals surface area (Å²) in [5, 5.41) is 9.25. The molecule has 0 saturated heterocycles. The standard InChI is InChI=1S/C13H9NO2/c15-13-14-12-10(7-4-8-11(12)16-13)9-5-2-1-3-6-9/h1-8H,(H,14,15). The summed E-state index contributed by atoms with van der Waals surface area (Å²) in [6, 6.07) is 15.5. The number of benzene rings is 2. The van der Waals surface area contributed by atoms with E-state index in [9.17, 15) is 5.11 Å². The number of oxazole rings is 1. The lowest BCUT2D eigenvalue weighted by Crippen LogP contribution is -1.79. The summed E-state index contributed by atoms with van der Waals surface area (Å²) in [7, 11) is 0. The molecule has 0 saturated carbocycles. The first-order valence-electron chi connectivity index (χ1n) is 4.98. The van der Waals surface area contributed by atoms with Gasteiger partial charge in [0.1, 0.15) is 5.52 Å². The quantitative estimate of drug-likeness (QED) is 0.672. The van der Waals surface area contributed by atoms with Gasteiger partial charge >= 0.3 is 6.08 Å². The molecule has 78 valence electrons. The Morgan fingerprint density at radius 2 is 1.75 bits per heavy atom. The molecule has 0 bridgehead atoms. The van der Waals surface area contributed by atoms with Crippen LogP contribution in [-0.4, -0.2) is 10.1 Å². The number of nitrogens with zero attached hydrogens (tertiary/aromatic N) is 1. The molecule has 3 heteroatoms. The molecule has 0 unspecified atom stereocenters. The van der Waals surface area contributed by atoms with E-state index in [1.54, 1.807) is 6.07 Å². The molecule has 3 aromatic rings. The molecule has 1 aromatic heterocycles. The second kappa shape index (κ2) is 3.38. The zero-order chi connectivity index (χ0) is 11.0. The van der Waals surface area contributed by atoms with E-state index in [2.05, 4.69) is 4.98 Å².